The highest BCUT2D eigenvalue weighted by atomic mass is 19.4. The number of alkyl halides is 3. The number of rotatable bonds is 4. The first-order valence-electron chi connectivity index (χ1n) is 8.14. The fraction of sp³-hybridized carbons (Fsp3) is 1.00. The van der Waals surface area contributed by atoms with Crippen LogP contribution in [0.25, 0.3) is 0 Å². The maximum atomic E-state index is 12.4. The zero-order valence-corrected chi connectivity index (χ0v) is 12.8. The third-order valence-electron chi connectivity index (χ3n) is 5.02. The van der Waals surface area contributed by atoms with Crippen LogP contribution in [0.4, 0.5) is 13.2 Å². The van der Waals surface area contributed by atoms with E-state index in [4.69, 9.17) is 5.73 Å². The fourth-order valence-electron chi connectivity index (χ4n) is 3.74. The maximum absolute atomic E-state index is 12.4. The van der Waals surface area contributed by atoms with Crippen LogP contribution in [0.3, 0.4) is 0 Å². The van der Waals surface area contributed by atoms with Gasteiger partial charge < -0.3 is 10.6 Å². The Hall–Kier alpha value is -0.330. The Kier molecular flexibility index (Phi) is 5.91. The predicted octanol–water partition coefficient (Wildman–Crippen LogP) is 2.47. The molecule has 0 aromatic rings. The molecular weight excluding hydrogens is 279 g/mol. The van der Waals surface area contributed by atoms with Crippen LogP contribution in [0.1, 0.15) is 38.5 Å². The molecule has 2 N–H and O–H groups in total. The van der Waals surface area contributed by atoms with Gasteiger partial charge in [-0.05, 0) is 24.8 Å². The molecule has 1 saturated heterocycles. The van der Waals surface area contributed by atoms with Crippen LogP contribution in [0, 0.1) is 5.41 Å². The van der Waals surface area contributed by atoms with Gasteiger partial charge in [-0.1, -0.05) is 25.7 Å². The van der Waals surface area contributed by atoms with Gasteiger partial charge in [0, 0.05) is 32.7 Å². The zero-order chi connectivity index (χ0) is 15.3. The van der Waals surface area contributed by atoms with Crippen molar-refractivity contribution in [1.29, 1.82) is 0 Å². The van der Waals surface area contributed by atoms with E-state index in [1.807, 2.05) is 0 Å². The molecule has 3 nitrogen and oxygen atoms in total. The SMILES string of the molecule is NCC1(CN2CCN(CC(F)(F)F)CC2)CCCCCC1. The summed E-state index contributed by atoms with van der Waals surface area (Å²) in [6, 6.07) is 0. The monoisotopic (exact) mass is 307 g/mol. The van der Waals surface area contributed by atoms with Crippen molar-refractivity contribution in [3.05, 3.63) is 0 Å². The van der Waals surface area contributed by atoms with Crippen molar-refractivity contribution in [2.45, 2.75) is 44.7 Å². The first-order chi connectivity index (χ1) is 9.92. The number of halogens is 3. The van der Waals surface area contributed by atoms with Gasteiger partial charge in [-0.3, -0.25) is 4.90 Å². The molecule has 1 aliphatic heterocycles. The van der Waals surface area contributed by atoms with Gasteiger partial charge in [0.05, 0.1) is 6.54 Å². The lowest BCUT2D eigenvalue weighted by Gasteiger charge is -2.41. The van der Waals surface area contributed by atoms with Crippen molar-refractivity contribution in [3.63, 3.8) is 0 Å². The second-order valence-corrected chi connectivity index (χ2v) is 6.79. The number of piperazine rings is 1. The molecule has 0 spiro atoms. The van der Waals surface area contributed by atoms with Gasteiger partial charge in [0.1, 0.15) is 0 Å². The molecule has 6 heteroatoms. The lowest BCUT2D eigenvalue weighted by Crippen LogP contribution is -2.52. The molecule has 0 aromatic heterocycles. The molecule has 0 radical (unpaired) electrons. The van der Waals surface area contributed by atoms with E-state index in [0.29, 0.717) is 19.6 Å². The number of nitrogens with zero attached hydrogens (tertiary/aromatic N) is 2. The molecule has 1 heterocycles. The fourth-order valence-corrected chi connectivity index (χ4v) is 3.74. The summed E-state index contributed by atoms with van der Waals surface area (Å²) in [4.78, 5) is 3.84. The Morgan fingerprint density at radius 1 is 0.857 bits per heavy atom. The third-order valence-corrected chi connectivity index (χ3v) is 5.02. The van der Waals surface area contributed by atoms with Gasteiger partial charge >= 0.3 is 6.18 Å². The Morgan fingerprint density at radius 3 is 1.86 bits per heavy atom. The van der Waals surface area contributed by atoms with E-state index in [-0.39, 0.29) is 5.41 Å². The minimum atomic E-state index is -4.08. The Labute approximate surface area is 125 Å². The third kappa shape index (κ3) is 5.42. The average Bonchev–Trinajstić information content (AvgIpc) is 2.66. The first-order valence-corrected chi connectivity index (χ1v) is 8.14. The molecule has 1 aliphatic carbocycles. The number of hydrogen-bond acceptors (Lipinski definition) is 3. The van der Waals surface area contributed by atoms with E-state index in [2.05, 4.69) is 4.90 Å². The standard InChI is InChI=1S/C15H28F3N3/c16-15(17,18)13-21-9-7-20(8-10-21)12-14(11-19)5-3-1-2-4-6-14/h1-13,19H2. The molecule has 0 atom stereocenters. The van der Waals surface area contributed by atoms with E-state index in [9.17, 15) is 13.2 Å². The van der Waals surface area contributed by atoms with Crippen LogP contribution in [0.15, 0.2) is 0 Å². The smallest absolute Gasteiger partial charge is 0.330 e. The van der Waals surface area contributed by atoms with Crippen molar-refractivity contribution >= 4 is 0 Å². The molecule has 21 heavy (non-hydrogen) atoms. The summed E-state index contributed by atoms with van der Waals surface area (Å²) in [6.45, 7) is 3.39. The van der Waals surface area contributed by atoms with Crippen molar-refractivity contribution in [3.8, 4) is 0 Å². The Balaban J connectivity index is 1.81. The van der Waals surface area contributed by atoms with Gasteiger partial charge in [0.25, 0.3) is 0 Å². The molecule has 1 saturated carbocycles. The average molecular weight is 307 g/mol. The molecule has 0 amide bonds. The number of nitrogens with two attached hydrogens (primary N) is 1. The van der Waals surface area contributed by atoms with Crippen LogP contribution in [-0.4, -0.2) is 61.8 Å². The summed E-state index contributed by atoms with van der Waals surface area (Å²) in [5, 5.41) is 0. The van der Waals surface area contributed by atoms with Crippen LogP contribution in [0.5, 0.6) is 0 Å². The number of hydrogen-bond donors (Lipinski definition) is 1. The maximum Gasteiger partial charge on any atom is 0.401 e. The minimum Gasteiger partial charge on any atom is -0.330 e. The highest BCUT2D eigenvalue weighted by molar-refractivity contribution is 4.87. The van der Waals surface area contributed by atoms with Crippen LogP contribution < -0.4 is 5.73 Å². The molecule has 0 bridgehead atoms. The molecule has 124 valence electrons. The minimum absolute atomic E-state index is 0.197. The van der Waals surface area contributed by atoms with E-state index in [1.165, 1.54) is 43.4 Å². The predicted molar refractivity (Wildman–Crippen MR) is 78.1 cm³/mol. The Morgan fingerprint density at radius 2 is 1.38 bits per heavy atom. The van der Waals surface area contributed by atoms with E-state index in [0.717, 1.165) is 19.6 Å². The second-order valence-electron chi connectivity index (χ2n) is 6.79. The molecule has 0 aromatic carbocycles. The molecule has 2 rings (SSSR count). The van der Waals surface area contributed by atoms with E-state index < -0.39 is 12.7 Å². The lowest BCUT2D eigenvalue weighted by molar-refractivity contribution is -0.149. The summed E-state index contributed by atoms with van der Waals surface area (Å²) >= 11 is 0. The summed E-state index contributed by atoms with van der Waals surface area (Å²) < 4.78 is 37.2. The normalized spacial score (nSPS) is 25.7. The molecule has 0 unspecified atom stereocenters. The summed E-state index contributed by atoms with van der Waals surface area (Å²) in [5.41, 5.74) is 6.25. The lowest BCUT2D eigenvalue weighted by atomic mass is 9.79. The molecule has 2 fully saturated rings. The van der Waals surface area contributed by atoms with Crippen LogP contribution in [-0.2, 0) is 0 Å². The van der Waals surface area contributed by atoms with Gasteiger partial charge in [-0.25, -0.2) is 0 Å². The van der Waals surface area contributed by atoms with Gasteiger partial charge in [0.2, 0.25) is 0 Å². The zero-order valence-electron chi connectivity index (χ0n) is 12.8. The van der Waals surface area contributed by atoms with Crippen LogP contribution in [0.2, 0.25) is 0 Å². The van der Waals surface area contributed by atoms with Crippen molar-refractivity contribution < 1.29 is 13.2 Å². The highest BCUT2D eigenvalue weighted by Crippen LogP contribution is 2.35. The van der Waals surface area contributed by atoms with Gasteiger partial charge in [-0.2, -0.15) is 13.2 Å². The first kappa shape index (κ1) is 17.0. The molecule has 2 aliphatic rings. The molecular formula is C15H28F3N3. The topological polar surface area (TPSA) is 32.5 Å². The Bertz CT molecular complexity index is 304. The summed E-state index contributed by atoms with van der Waals surface area (Å²) in [5.74, 6) is 0. The second kappa shape index (κ2) is 7.29. The summed E-state index contributed by atoms with van der Waals surface area (Å²) in [6.07, 6.45) is 3.33. The van der Waals surface area contributed by atoms with Crippen LogP contribution >= 0.6 is 0 Å². The van der Waals surface area contributed by atoms with Crippen molar-refractivity contribution in [2.75, 3.05) is 45.8 Å². The van der Waals surface area contributed by atoms with E-state index in [1.54, 1.807) is 0 Å². The quantitative estimate of drug-likeness (QED) is 0.810. The highest BCUT2D eigenvalue weighted by Gasteiger charge is 2.35. The van der Waals surface area contributed by atoms with Gasteiger partial charge in [-0.15, -0.1) is 0 Å². The van der Waals surface area contributed by atoms with Crippen molar-refractivity contribution in [2.24, 2.45) is 11.1 Å². The largest absolute Gasteiger partial charge is 0.401 e. The van der Waals surface area contributed by atoms with Crippen molar-refractivity contribution in [1.82, 2.24) is 9.80 Å². The summed E-state index contributed by atoms with van der Waals surface area (Å²) in [7, 11) is 0. The van der Waals surface area contributed by atoms with E-state index >= 15 is 0 Å². The van der Waals surface area contributed by atoms with Gasteiger partial charge in [0.15, 0.2) is 0 Å².